The van der Waals surface area contributed by atoms with Crippen LogP contribution in [0.15, 0.2) is 78.2 Å². The van der Waals surface area contributed by atoms with Crippen LogP contribution < -0.4 is 5.30 Å². The maximum Gasteiger partial charge on any atom is 0.183 e. The molecule has 0 spiro atoms. The van der Waals surface area contributed by atoms with Crippen LogP contribution in [0.5, 0.6) is 0 Å². The summed E-state index contributed by atoms with van der Waals surface area (Å²) in [6.45, 7) is 2.21. The van der Waals surface area contributed by atoms with Gasteiger partial charge in [0.1, 0.15) is 0 Å². The van der Waals surface area contributed by atoms with Gasteiger partial charge in [0.15, 0.2) is 7.29 Å². The molecule has 0 N–H and O–H groups in total. The Kier molecular flexibility index (Phi) is 6.43. The van der Waals surface area contributed by atoms with Gasteiger partial charge in [0.05, 0.1) is 6.10 Å². The van der Waals surface area contributed by atoms with Crippen molar-refractivity contribution in [2.24, 2.45) is 0 Å². The highest BCUT2D eigenvalue weighted by Crippen LogP contribution is 2.53. The molecule has 2 heterocycles. The molecule has 1 aliphatic rings. The Morgan fingerprint density at radius 1 is 1.00 bits per heavy atom. The lowest BCUT2D eigenvalue weighted by atomic mass is 10.2. The van der Waals surface area contributed by atoms with Crippen LogP contribution in [-0.2, 0) is 22.0 Å². The van der Waals surface area contributed by atoms with Crippen molar-refractivity contribution >= 4 is 23.9 Å². The van der Waals surface area contributed by atoms with E-state index in [0.717, 1.165) is 30.3 Å². The minimum atomic E-state index is -2.84. The van der Waals surface area contributed by atoms with Crippen molar-refractivity contribution in [2.75, 3.05) is 13.2 Å². The van der Waals surface area contributed by atoms with Gasteiger partial charge in [-0.25, -0.2) is 4.67 Å². The topological polar surface area (TPSA) is 29.5 Å². The summed E-state index contributed by atoms with van der Waals surface area (Å²) in [6.07, 6.45) is 2.83. The van der Waals surface area contributed by atoms with E-state index in [4.69, 9.17) is 4.74 Å². The molecular formula is C23H26NO2PS. The Hall–Kier alpha value is -1.71. The molecule has 3 aromatic rings. The van der Waals surface area contributed by atoms with E-state index < -0.39 is 7.29 Å². The molecule has 0 amide bonds. The molecule has 5 heteroatoms. The summed E-state index contributed by atoms with van der Waals surface area (Å²) >= 11 is 1.72. The smallest absolute Gasteiger partial charge is 0.183 e. The van der Waals surface area contributed by atoms with Gasteiger partial charge in [-0.15, -0.1) is 11.3 Å². The molecule has 0 unspecified atom stereocenters. The molecule has 146 valence electrons. The van der Waals surface area contributed by atoms with Crippen molar-refractivity contribution in [2.45, 2.75) is 31.7 Å². The van der Waals surface area contributed by atoms with Crippen LogP contribution in [0, 0.1) is 0 Å². The van der Waals surface area contributed by atoms with Gasteiger partial charge >= 0.3 is 0 Å². The molecule has 1 aliphatic heterocycles. The zero-order chi connectivity index (χ0) is 19.2. The van der Waals surface area contributed by atoms with Gasteiger partial charge in [0.25, 0.3) is 0 Å². The molecule has 28 heavy (non-hydrogen) atoms. The number of nitrogens with zero attached hydrogens (tertiary/aromatic N) is 1. The SMILES string of the molecule is O=[P@@](Cc1ccccc1)(c1ccccc1)N(Cc1cccs1)C[C@@H]1CCCO1. The van der Waals surface area contributed by atoms with E-state index in [2.05, 4.69) is 34.3 Å². The van der Waals surface area contributed by atoms with E-state index in [1.807, 2.05) is 48.5 Å². The molecule has 0 radical (unpaired) electrons. The van der Waals surface area contributed by atoms with Crippen molar-refractivity contribution in [1.29, 1.82) is 0 Å². The van der Waals surface area contributed by atoms with Crippen molar-refractivity contribution in [1.82, 2.24) is 4.67 Å². The van der Waals surface area contributed by atoms with Crippen LogP contribution in [0.2, 0.25) is 0 Å². The quantitative estimate of drug-likeness (QED) is 0.456. The summed E-state index contributed by atoms with van der Waals surface area (Å²) < 4.78 is 22.8. The van der Waals surface area contributed by atoms with E-state index in [9.17, 15) is 4.57 Å². The summed E-state index contributed by atoms with van der Waals surface area (Å²) in [6, 6.07) is 24.4. The van der Waals surface area contributed by atoms with Crippen molar-refractivity contribution < 1.29 is 9.30 Å². The third-order valence-corrected chi connectivity index (χ3v) is 9.19. The molecule has 1 fully saturated rings. The standard InChI is InChI=1S/C23H26NO2PS/c25-27(22-12-5-2-6-13-22,19-20-9-3-1-4-10-20)24(17-21-11-7-15-26-21)18-23-14-8-16-28-23/h1-6,8-10,12-14,16,21H,7,11,15,17-19H2/t21-,27-/m0/s1. The molecule has 0 saturated carbocycles. The minimum absolute atomic E-state index is 0.160. The van der Waals surface area contributed by atoms with E-state index in [1.165, 1.54) is 4.88 Å². The first-order chi connectivity index (χ1) is 13.7. The van der Waals surface area contributed by atoms with Crippen LogP contribution in [0.3, 0.4) is 0 Å². The maximum atomic E-state index is 14.7. The molecule has 1 aromatic heterocycles. The molecular weight excluding hydrogens is 385 g/mol. The van der Waals surface area contributed by atoms with Crippen LogP contribution in [0.1, 0.15) is 23.3 Å². The van der Waals surface area contributed by atoms with E-state index in [1.54, 1.807) is 11.3 Å². The summed E-state index contributed by atoms with van der Waals surface area (Å²) in [5.41, 5.74) is 1.11. The van der Waals surface area contributed by atoms with Crippen LogP contribution in [0.25, 0.3) is 0 Å². The lowest BCUT2D eigenvalue weighted by Crippen LogP contribution is -2.33. The first kappa shape index (κ1) is 19.6. The van der Waals surface area contributed by atoms with Gasteiger partial charge in [-0.3, -0.25) is 0 Å². The predicted molar refractivity (Wildman–Crippen MR) is 118 cm³/mol. The molecule has 1 saturated heterocycles. The molecule has 2 aromatic carbocycles. The molecule has 4 rings (SSSR count). The fraction of sp³-hybridized carbons (Fsp3) is 0.304. The fourth-order valence-corrected chi connectivity index (χ4v) is 7.46. The summed E-state index contributed by atoms with van der Waals surface area (Å²) in [5.74, 6) is 0. The van der Waals surface area contributed by atoms with Crippen LogP contribution in [-0.4, -0.2) is 23.9 Å². The highest BCUT2D eigenvalue weighted by Gasteiger charge is 2.35. The highest BCUT2D eigenvalue weighted by molar-refractivity contribution is 7.68. The number of thiophene rings is 1. The van der Waals surface area contributed by atoms with Gasteiger partial charge < -0.3 is 9.30 Å². The average Bonchev–Trinajstić information content (AvgIpc) is 3.43. The van der Waals surface area contributed by atoms with E-state index >= 15 is 0 Å². The maximum absolute atomic E-state index is 14.7. The van der Waals surface area contributed by atoms with Crippen molar-refractivity contribution in [3.63, 3.8) is 0 Å². The molecule has 2 atom stereocenters. The second-order valence-electron chi connectivity index (χ2n) is 7.24. The van der Waals surface area contributed by atoms with Gasteiger partial charge in [0.2, 0.25) is 0 Å². The Labute approximate surface area is 171 Å². The minimum Gasteiger partial charge on any atom is -0.377 e. The second-order valence-corrected chi connectivity index (χ2v) is 11.1. The number of hydrogen-bond donors (Lipinski definition) is 0. The van der Waals surface area contributed by atoms with Gasteiger partial charge in [-0.1, -0.05) is 66.7 Å². The zero-order valence-corrected chi connectivity index (χ0v) is 17.7. The Bertz CT molecular complexity index is 893. The highest BCUT2D eigenvalue weighted by atomic mass is 32.1. The van der Waals surface area contributed by atoms with E-state index in [0.29, 0.717) is 19.3 Å². The largest absolute Gasteiger partial charge is 0.377 e. The first-order valence-corrected chi connectivity index (χ1v) is 12.5. The Morgan fingerprint density at radius 3 is 2.39 bits per heavy atom. The molecule has 3 nitrogen and oxygen atoms in total. The van der Waals surface area contributed by atoms with Gasteiger partial charge in [-0.05, 0) is 29.9 Å². The number of ether oxygens (including phenoxy) is 1. The van der Waals surface area contributed by atoms with Gasteiger partial charge in [-0.2, -0.15) is 0 Å². The Balaban J connectivity index is 1.71. The molecule has 0 bridgehead atoms. The third kappa shape index (κ3) is 4.64. The summed E-state index contributed by atoms with van der Waals surface area (Å²) in [4.78, 5) is 1.24. The van der Waals surface area contributed by atoms with Crippen LogP contribution in [0.4, 0.5) is 0 Å². The monoisotopic (exact) mass is 411 g/mol. The number of benzene rings is 2. The summed E-state index contributed by atoms with van der Waals surface area (Å²) in [7, 11) is -2.84. The summed E-state index contributed by atoms with van der Waals surface area (Å²) in [5, 5.41) is 3.01. The Morgan fingerprint density at radius 2 is 1.75 bits per heavy atom. The van der Waals surface area contributed by atoms with Crippen molar-refractivity contribution in [3.05, 3.63) is 88.6 Å². The van der Waals surface area contributed by atoms with E-state index in [-0.39, 0.29) is 6.10 Å². The van der Waals surface area contributed by atoms with Gasteiger partial charge in [0, 0.05) is 36.0 Å². The fourth-order valence-electron chi connectivity index (χ4n) is 3.76. The third-order valence-electron chi connectivity index (χ3n) is 5.21. The predicted octanol–water partition coefficient (Wildman–Crippen LogP) is 5.53. The normalized spacial score (nSPS) is 19.0. The lowest BCUT2D eigenvalue weighted by molar-refractivity contribution is 0.0925. The van der Waals surface area contributed by atoms with Crippen LogP contribution >= 0.6 is 18.6 Å². The number of rotatable bonds is 8. The van der Waals surface area contributed by atoms with Crippen molar-refractivity contribution in [3.8, 4) is 0 Å². The molecule has 0 aliphatic carbocycles. The average molecular weight is 412 g/mol. The lowest BCUT2D eigenvalue weighted by Gasteiger charge is -2.33. The second kappa shape index (κ2) is 9.19. The first-order valence-electron chi connectivity index (χ1n) is 9.82. The zero-order valence-electron chi connectivity index (χ0n) is 15.9. The number of hydrogen-bond acceptors (Lipinski definition) is 3.